The van der Waals surface area contributed by atoms with Gasteiger partial charge in [-0.1, -0.05) is 0 Å². The van der Waals surface area contributed by atoms with Gasteiger partial charge in [-0.05, 0) is 57.6 Å². The van der Waals surface area contributed by atoms with E-state index in [0.29, 0.717) is 24.8 Å². The van der Waals surface area contributed by atoms with Gasteiger partial charge in [-0.2, -0.15) is 0 Å². The van der Waals surface area contributed by atoms with Crippen molar-refractivity contribution in [1.29, 1.82) is 0 Å². The van der Waals surface area contributed by atoms with Gasteiger partial charge in [-0.3, -0.25) is 9.59 Å². The summed E-state index contributed by atoms with van der Waals surface area (Å²) in [5, 5.41) is 0. The Bertz CT molecular complexity index is 603. The summed E-state index contributed by atoms with van der Waals surface area (Å²) in [6.45, 7) is 6.84. The van der Waals surface area contributed by atoms with Crippen molar-refractivity contribution < 1.29 is 9.59 Å². The highest BCUT2D eigenvalue weighted by molar-refractivity contribution is 7.12. The van der Waals surface area contributed by atoms with E-state index >= 15 is 0 Å². The van der Waals surface area contributed by atoms with E-state index in [-0.39, 0.29) is 5.91 Å². The Labute approximate surface area is 148 Å². The van der Waals surface area contributed by atoms with Gasteiger partial charge in [0.1, 0.15) is 0 Å². The molecule has 2 amide bonds. The van der Waals surface area contributed by atoms with Crippen LogP contribution in [0.1, 0.15) is 53.8 Å². The van der Waals surface area contributed by atoms with Crippen LogP contribution in [-0.2, 0) is 16.0 Å². The molecule has 0 radical (unpaired) electrons. The van der Waals surface area contributed by atoms with E-state index in [2.05, 4.69) is 19.9 Å². The summed E-state index contributed by atoms with van der Waals surface area (Å²) in [5.41, 5.74) is 1.40. The third-order valence-corrected chi connectivity index (χ3v) is 6.36. The molecule has 2 saturated heterocycles. The Morgan fingerprint density at radius 1 is 1.25 bits per heavy atom. The van der Waals surface area contributed by atoms with Crippen LogP contribution >= 0.6 is 11.3 Å². The van der Waals surface area contributed by atoms with Gasteiger partial charge in [0.15, 0.2) is 0 Å². The summed E-state index contributed by atoms with van der Waals surface area (Å²) in [6.07, 6.45) is 6.17. The first-order chi connectivity index (χ1) is 11.5. The van der Waals surface area contributed by atoms with Crippen LogP contribution in [0.3, 0.4) is 0 Å². The number of carbonyl (C=O) groups is 2. The molecule has 0 atom stereocenters. The number of carbonyl (C=O) groups excluding carboxylic acids is 2. The molecule has 1 aromatic heterocycles. The second kappa shape index (κ2) is 7.68. The van der Waals surface area contributed by atoms with E-state index in [1.165, 1.54) is 15.3 Å². The molecule has 2 aliphatic rings. The zero-order valence-electron chi connectivity index (χ0n) is 14.8. The average molecular weight is 349 g/mol. The first kappa shape index (κ1) is 17.5. The van der Waals surface area contributed by atoms with Crippen LogP contribution in [0.2, 0.25) is 0 Å². The monoisotopic (exact) mass is 348 g/mol. The fourth-order valence-corrected chi connectivity index (χ4v) is 4.98. The van der Waals surface area contributed by atoms with E-state index < -0.39 is 0 Å². The lowest BCUT2D eigenvalue weighted by atomic mass is 10.0. The first-order valence-electron chi connectivity index (χ1n) is 9.18. The predicted molar refractivity (Wildman–Crippen MR) is 97.3 cm³/mol. The molecule has 3 heterocycles. The summed E-state index contributed by atoms with van der Waals surface area (Å²) < 4.78 is 0. The Kier molecular flexibility index (Phi) is 5.59. The van der Waals surface area contributed by atoms with Crippen molar-refractivity contribution in [2.75, 3.05) is 19.6 Å². The van der Waals surface area contributed by atoms with Crippen LogP contribution in [0.5, 0.6) is 0 Å². The third-order valence-electron chi connectivity index (χ3n) is 5.35. The molecule has 0 N–H and O–H groups in total. The van der Waals surface area contributed by atoms with Crippen LogP contribution in [0, 0.1) is 13.8 Å². The highest BCUT2D eigenvalue weighted by Crippen LogP contribution is 2.24. The van der Waals surface area contributed by atoms with Crippen LogP contribution in [0.25, 0.3) is 0 Å². The van der Waals surface area contributed by atoms with Gasteiger partial charge < -0.3 is 9.80 Å². The molecule has 2 fully saturated rings. The van der Waals surface area contributed by atoms with E-state index in [0.717, 1.165) is 51.7 Å². The maximum Gasteiger partial charge on any atom is 0.222 e. The van der Waals surface area contributed by atoms with Gasteiger partial charge in [-0.15, -0.1) is 11.3 Å². The number of likely N-dealkylation sites (tertiary alicyclic amines) is 2. The SMILES string of the molecule is Cc1cc(CCCC(=O)N2CCC(N3CCCC3=O)CC2)c(C)s1. The molecule has 1 aromatic rings. The minimum absolute atomic E-state index is 0.283. The molecule has 3 rings (SSSR count). The maximum atomic E-state index is 12.4. The lowest BCUT2D eigenvalue weighted by Gasteiger charge is -2.36. The molecular weight excluding hydrogens is 320 g/mol. The second-order valence-electron chi connectivity index (χ2n) is 7.09. The molecule has 4 nitrogen and oxygen atoms in total. The summed E-state index contributed by atoms with van der Waals surface area (Å²) in [7, 11) is 0. The fourth-order valence-electron chi connectivity index (χ4n) is 4.00. The van der Waals surface area contributed by atoms with Crippen molar-refractivity contribution in [1.82, 2.24) is 9.80 Å². The normalized spacial score (nSPS) is 19.3. The van der Waals surface area contributed by atoms with Crippen molar-refractivity contribution in [3.63, 3.8) is 0 Å². The molecule has 0 spiro atoms. The molecule has 0 saturated carbocycles. The van der Waals surface area contributed by atoms with Crippen molar-refractivity contribution in [3.05, 3.63) is 21.4 Å². The Balaban J connectivity index is 1.40. The van der Waals surface area contributed by atoms with Gasteiger partial charge in [0.05, 0.1) is 0 Å². The number of amides is 2. The minimum Gasteiger partial charge on any atom is -0.343 e. The van der Waals surface area contributed by atoms with Gasteiger partial charge in [-0.25, -0.2) is 0 Å². The van der Waals surface area contributed by atoms with Gasteiger partial charge >= 0.3 is 0 Å². The number of hydrogen-bond acceptors (Lipinski definition) is 3. The minimum atomic E-state index is 0.283. The Hall–Kier alpha value is -1.36. The Morgan fingerprint density at radius 3 is 2.58 bits per heavy atom. The van der Waals surface area contributed by atoms with E-state index in [4.69, 9.17) is 0 Å². The quantitative estimate of drug-likeness (QED) is 0.819. The number of hydrogen-bond donors (Lipinski definition) is 0. The first-order valence-corrected chi connectivity index (χ1v) is 9.99. The van der Waals surface area contributed by atoms with Gasteiger partial charge in [0.2, 0.25) is 11.8 Å². The molecule has 0 aliphatic carbocycles. The van der Waals surface area contributed by atoms with Gasteiger partial charge in [0.25, 0.3) is 0 Å². The van der Waals surface area contributed by atoms with Crippen LogP contribution in [0.15, 0.2) is 6.07 Å². The number of nitrogens with zero attached hydrogens (tertiary/aromatic N) is 2. The third kappa shape index (κ3) is 4.00. The zero-order chi connectivity index (χ0) is 17.1. The number of rotatable bonds is 5. The fraction of sp³-hybridized carbons (Fsp3) is 0.684. The average Bonchev–Trinajstić information content (AvgIpc) is 3.13. The zero-order valence-corrected chi connectivity index (χ0v) is 15.7. The van der Waals surface area contributed by atoms with Crippen molar-refractivity contribution in [3.8, 4) is 0 Å². The Morgan fingerprint density at radius 2 is 2.00 bits per heavy atom. The molecular formula is C19H28N2O2S. The number of piperidine rings is 1. The highest BCUT2D eigenvalue weighted by atomic mass is 32.1. The molecule has 2 aliphatic heterocycles. The molecule has 132 valence electrons. The summed E-state index contributed by atoms with van der Waals surface area (Å²) in [6, 6.07) is 2.61. The van der Waals surface area contributed by atoms with Crippen molar-refractivity contribution >= 4 is 23.2 Å². The smallest absolute Gasteiger partial charge is 0.222 e. The maximum absolute atomic E-state index is 12.4. The van der Waals surface area contributed by atoms with E-state index in [9.17, 15) is 9.59 Å². The number of aryl methyl sites for hydroxylation is 3. The predicted octanol–water partition coefficient (Wildman–Crippen LogP) is 3.30. The topological polar surface area (TPSA) is 40.6 Å². The summed E-state index contributed by atoms with van der Waals surface area (Å²) in [5.74, 6) is 0.590. The lowest BCUT2D eigenvalue weighted by molar-refractivity contribution is -0.134. The second-order valence-corrected chi connectivity index (χ2v) is 8.56. The lowest BCUT2D eigenvalue weighted by Crippen LogP contribution is -2.47. The molecule has 0 aromatic carbocycles. The molecule has 5 heteroatoms. The summed E-state index contributed by atoms with van der Waals surface area (Å²) in [4.78, 5) is 31.0. The number of thiophene rings is 1. The van der Waals surface area contributed by atoms with Crippen LogP contribution < -0.4 is 0 Å². The largest absolute Gasteiger partial charge is 0.343 e. The van der Waals surface area contributed by atoms with Gasteiger partial charge in [0, 0.05) is 48.3 Å². The van der Waals surface area contributed by atoms with Crippen LogP contribution in [-0.4, -0.2) is 47.3 Å². The molecule has 24 heavy (non-hydrogen) atoms. The molecule has 0 unspecified atom stereocenters. The van der Waals surface area contributed by atoms with Crippen LogP contribution in [0.4, 0.5) is 0 Å². The van der Waals surface area contributed by atoms with Crippen molar-refractivity contribution in [2.24, 2.45) is 0 Å². The summed E-state index contributed by atoms with van der Waals surface area (Å²) >= 11 is 1.84. The highest BCUT2D eigenvalue weighted by Gasteiger charge is 2.31. The van der Waals surface area contributed by atoms with E-state index in [1.54, 1.807) is 0 Å². The van der Waals surface area contributed by atoms with E-state index in [1.807, 2.05) is 21.1 Å². The molecule has 0 bridgehead atoms. The van der Waals surface area contributed by atoms with Crippen molar-refractivity contribution in [2.45, 2.75) is 64.8 Å². The standard InChI is InChI=1S/C19H28N2O2S/c1-14-13-16(15(2)24-14)5-3-6-18(22)20-11-8-17(9-12-20)21-10-4-7-19(21)23/h13,17H,3-12H2,1-2H3.